The Hall–Kier alpha value is -1.56. The molecular formula is C10H17N6O13P3. The lowest BCUT2D eigenvalue weighted by Gasteiger charge is -2.19. The van der Waals surface area contributed by atoms with Crippen molar-refractivity contribution in [3.05, 3.63) is 6.33 Å². The van der Waals surface area contributed by atoms with Gasteiger partial charge in [0.1, 0.15) is 24.6 Å². The van der Waals surface area contributed by atoms with Gasteiger partial charge in [0.05, 0.1) is 6.61 Å². The van der Waals surface area contributed by atoms with Crippen LogP contribution in [-0.2, 0) is 31.6 Å². The Morgan fingerprint density at radius 2 is 1.69 bits per heavy atom. The van der Waals surface area contributed by atoms with Gasteiger partial charge in [-0.25, -0.2) is 28.6 Å². The predicted octanol–water partition coefficient (Wildman–Crippen LogP) is -2.05. The van der Waals surface area contributed by atoms with Crippen LogP contribution in [0.2, 0.25) is 0 Å². The number of nitrogen functional groups attached to an aromatic ring is 2. The maximum absolute atomic E-state index is 11.8. The molecule has 1 saturated heterocycles. The van der Waals surface area contributed by atoms with E-state index in [0.29, 0.717) is 0 Å². The Morgan fingerprint density at radius 3 is 2.31 bits per heavy atom. The lowest BCUT2D eigenvalue weighted by molar-refractivity contribution is -0.0493. The molecule has 10 N–H and O–H groups in total. The minimum atomic E-state index is -5.72. The zero-order chi connectivity index (χ0) is 24.1. The van der Waals surface area contributed by atoms with Crippen LogP contribution in [0.3, 0.4) is 0 Å². The third kappa shape index (κ3) is 5.49. The highest BCUT2D eigenvalue weighted by molar-refractivity contribution is 7.66. The summed E-state index contributed by atoms with van der Waals surface area (Å²) >= 11 is 0. The molecule has 6 atom stereocenters. The molecule has 32 heavy (non-hydrogen) atoms. The van der Waals surface area contributed by atoms with E-state index in [4.69, 9.17) is 30.9 Å². The molecule has 1 aliphatic rings. The van der Waals surface area contributed by atoms with E-state index >= 15 is 0 Å². The Balaban J connectivity index is 1.73. The van der Waals surface area contributed by atoms with Gasteiger partial charge in [-0.1, -0.05) is 0 Å². The maximum Gasteiger partial charge on any atom is 0.490 e. The zero-order valence-electron chi connectivity index (χ0n) is 15.4. The number of rotatable bonds is 8. The van der Waals surface area contributed by atoms with Crippen LogP contribution in [0.25, 0.3) is 11.2 Å². The van der Waals surface area contributed by atoms with E-state index in [0.717, 1.165) is 10.9 Å². The normalized spacial score (nSPS) is 27.9. The molecule has 0 amide bonds. The molecule has 2 aromatic heterocycles. The van der Waals surface area contributed by atoms with Gasteiger partial charge < -0.3 is 46.0 Å². The van der Waals surface area contributed by atoms with Crippen molar-refractivity contribution in [1.82, 2.24) is 19.5 Å². The maximum atomic E-state index is 11.8. The summed E-state index contributed by atoms with van der Waals surface area (Å²) in [5.74, 6) is -0.255. The molecule has 180 valence electrons. The molecule has 3 rings (SSSR count). The highest BCUT2D eigenvalue weighted by Gasteiger charge is 2.47. The van der Waals surface area contributed by atoms with Crippen LogP contribution >= 0.6 is 23.5 Å². The number of anilines is 2. The third-order valence-electron chi connectivity index (χ3n) is 3.94. The van der Waals surface area contributed by atoms with Gasteiger partial charge in [-0.05, 0) is 0 Å². The fourth-order valence-electron chi connectivity index (χ4n) is 2.75. The van der Waals surface area contributed by atoms with E-state index in [2.05, 4.69) is 28.1 Å². The first kappa shape index (κ1) is 25.1. The van der Waals surface area contributed by atoms with Crippen LogP contribution in [0.5, 0.6) is 0 Å². The number of aromatic nitrogens is 4. The largest absolute Gasteiger partial charge is 0.490 e. The van der Waals surface area contributed by atoms with Crippen molar-refractivity contribution < 1.29 is 61.4 Å². The van der Waals surface area contributed by atoms with Gasteiger partial charge in [0.15, 0.2) is 23.2 Å². The summed E-state index contributed by atoms with van der Waals surface area (Å²) in [6.45, 7) is -0.998. The smallest absolute Gasteiger partial charge is 0.387 e. The summed E-state index contributed by atoms with van der Waals surface area (Å²) in [6.07, 6.45) is -5.27. The van der Waals surface area contributed by atoms with Gasteiger partial charge in [-0.15, -0.1) is 0 Å². The van der Waals surface area contributed by atoms with Gasteiger partial charge in [-0.2, -0.15) is 8.62 Å². The highest BCUT2D eigenvalue weighted by Crippen LogP contribution is 2.66. The monoisotopic (exact) mass is 522 g/mol. The molecular weight excluding hydrogens is 505 g/mol. The molecule has 1 aliphatic heterocycles. The molecule has 0 radical (unpaired) electrons. The fourth-order valence-corrected chi connectivity index (χ4v) is 5.77. The van der Waals surface area contributed by atoms with Crippen LogP contribution in [-0.4, -0.2) is 74.2 Å². The Kier molecular flexibility index (Phi) is 6.78. The average molecular weight is 522 g/mol. The Labute approximate surface area is 177 Å². The standard InChI is InChI=1S/C10H17N6O13P3/c11-7-4-8(14-2-13-7)16(10(12)15-4)9-6(18)5(17)3(27-9)1-26-31(22,23)29-32(24,25)28-30(19,20)21/h2-3,5-6,9,17-18H,1H2,(H2,12,15)(H,22,23)(H,24,25)(H2,11,13,14)(H2,19,20,21)/t3-,5-,6-,9-/m1/s1. The average Bonchev–Trinajstić information content (AvgIpc) is 3.08. The lowest BCUT2D eigenvalue weighted by Crippen LogP contribution is -2.33. The topological polar surface area (TPSA) is 305 Å². The fraction of sp³-hybridized carbons (Fsp3) is 0.500. The number of phosphoric acid groups is 3. The number of hydrogen-bond acceptors (Lipinski definition) is 14. The second-order valence-electron chi connectivity index (χ2n) is 6.20. The molecule has 2 aromatic rings. The molecule has 22 heteroatoms. The number of nitrogens with zero attached hydrogens (tertiary/aromatic N) is 4. The van der Waals surface area contributed by atoms with Crippen LogP contribution < -0.4 is 11.5 Å². The minimum Gasteiger partial charge on any atom is -0.387 e. The highest BCUT2D eigenvalue weighted by atomic mass is 31.3. The number of aliphatic hydroxyl groups excluding tert-OH is 2. The van der Waals surface area contributed by atoms with Crippen molar-refractivity contribution in [3.8, 4) is 0 Å². The molecule has 19 nitrogen and oxygen atoms in total. The SMILES string of the molecule is Nc1ncnc2c1nc(N)n2[C@@H]1O[C@H](COP(=O)(O)OP(=O)(O)OP(=O)(O)O)[C@@H](O)[C@H]1O. The number of phosphoric ester groups is 1. The van der Waals surface area contributed by atoms with Gasteiger partial charge in [0, 0.05) is 0 Å². The minimum absolute atomic E-state index is 0.0299. The van der Waals surface area contributed by atoms with Crippen molar-refractivity contribution in [2.45, 2.75) is 24.5 Å². The molecule has 1 fully saturated rings. The van der Waals surface area contributed by atoms with Crippen molar-refractivity contribution >= 4 is 46.4 Å². The van der Waals surface area contributed by atoms with Crippen LogP contribution in [0, 0.1) is 0 Å². The summed E-state index contributed by atoms with van der Waals surface area (Å²) in [5, 5.41) is 20.5. The predicted molar refractivity (Wildman–Crippen MR) is 99.9 cm³/mol. The Bertz CT molecular complexity index is 1150. The van der Waals surface area contributed by atoms with Gasteiger partial charge in [0.2, 0.25) is 5.95 Å². The van der Waals surface area contributed by atoms with Crippen LogP contribution in [0.1, 0.15) is 6.23 Å². The second-order valence-corrected chi connectivity index (χ2v) is 10.6. The number of ether oxygens (including phenoxy) is 1. The van der Waals surface area contributed by atoms with Crippen LogP contribution in [0.15, 0.2) is 6.33 Å². The number of fused-ring (bicyclic) bond motifs is 1. The first-order valence-corrected chi connectivity index (χ1v) is 12.7. The molecule has 3 heterocycles. The van der Waals surface area contributed by atoms with E-state index in [-0.39, 0.29) is 22.9 Å². The van der Waals surface area contributed by atoms with Gasteiger partial charge in [0.25, 0.3) is 0 Å². The van der Waals surface area contributed by atoms with E-state index in [1.54, 1.807) is 0 Å². The second kappa shape index (κ2) is 8.66. The van der Waals surface area contributed by atoms with E-state index in [1.807, 2.05) is 0 Å². The van der Waals surface area contributed by atoms with Crippen molar-refractivity contribution in [2.75, 3.05) is 18.1 Å². The van der Waals surface area contributed by atoms with Gasteiger partial charge in [-0.3, -0.25) is 9.09 Å². The molecule has 2 unspecified atom stereocenters. The van der Waals surface area contributed by atoms with Crippen molar-refractivity contribution in [3.63, 3.8) is 0 Å². The number of hydrogen-bond donors (Lipinski definition) is 8. The molecule has 0 spiro atoms. The zero-order valence-corrected chi connectivity index (χ0v) is 18.1. The number of nitrogens with two attached hydrogens (primary N) is 2. The number of aliphatic hydroxyl groups is 2. The summed E-state index contributed by atoms with van der Waals surface area (Å²) in [6, 6.07) is 0. The molecule has 0 bridgehead atoms. The van der Waals surface area contributed by atoms with E-state index < -0.39 is 54.6 Å². The van der Waals surface area contributed by atoms with Crippen molar-refractivity contribution in [2.24, 2.45) is 0 Å². The first-order valence-electron chi connectivity index (χ1n) is 8.14. The van der Waals surface area contributed by atoms with E-state index in [9.17, 15) is 28.8 Å². The summed E-state index contributed by atoms with van der Waals surface area (Å²) in [5.41, 5.74) is 11.6. The quantitative estimate of drug-likeness (QED) is 0.173. The van der Waals surface area contributed by atoms with E-state index in [1.165, 1.54) is 0 Å². The lowest BCUT2D eigenvalue weighted by atomic mass is 10.1. The summed E-state index contributed by atoms with van der Waals surface area (Å²) < 4.78 is 51.8. The summed E-state index contributed by atoms with van der Waals surface area (Å²) in [7, 11) is -16.8. The molecule has 0 aliphatic carbocycles. The third-order valence-corrected chi connectivity index (χ3v) is 7.74. The molecule has 0 saturated carbocycles. The first-order chi connectivity index (χ1) is 14.6. The summed E-state index contributed by atoms with van der Waals surface area (Å²) in [4.78, 5) is 47.2. The molecule has 0 aromatic carbocycles. The van der Waals surface area contributed by atoms with Crippen LogP contribution in [0.4, 0.5) is 11.8 Å². The van der Waals surface area contributed by atoms with Crippen molar-refractivity contribution in [1.29, 1.82) is 0 Å². The number of imidazole rings is 1. The van der Waals surface area contributed by atoms with Gasteiger partial charge >= 0.3 is 23.5 Å². The Morgan fingerprint density at radius 1 is 1.03 bits per heavy atom.